The van der Waals surface area contributed by atoms with E-state index in [9.17, 15) is 9.59 Å². The summed E-state index contributed by atoms with van der Waals surface area (Å²) in [5.41, 5.74) is 0. The first kappa shape index (κ1) is 12.5. The quantitative estimate of drug-likeness (QED) is 0.764. The van der Waals surface area contributed by atoms with Crippen LogP contribution in [0.4, 0.5) is 0 Å². The van der Waals surface area contributed by atoms with Gasteiger partial charge in [0.25, 0.3) is 0 Å². The van der Waals surface area contributed by atoms with Crippen molar-refractivity contribution in [1.82, 2.24) is 25.0 Å². The van der Waals surface area contributed by atoms with Crippen LogP contribution in [0.3, 0.4) is 0 Å². The number of hydrogen-bond acceptors (Lipinski definition) is 4. The van der Waals surface area contributed by atoms with Crippen LogP contribution in [0.2, 0.25) is 0 Å². The van der Waals surface area contributed by atoms with Crippen LogP contribution in [0.15, 0.2) is 12.7 Å². The Morgan fingerprint density at radius 3 is 3.00 bits per heavy atom. The number of rotatable bonds is 4. The van der Waals surface area contributed by atoms with Crippen LogP contribution in [0.5, 0.6) is 0 Å². The molecule has 7 nitrogen and oxygen atoms in total. The maximum absolute atomic E-state index is 11.9. The minimum absolute atomic E-state index is 0.0269. The Hall–Kier alpha value is -1.92. The van der Waals surface area contributed by atoms with E-state index in [1.165, 1.54) is 6.33 Å². The molecule has 1 saturated heterocycles. The Balaban J connectivity index is 1.82. The number of carbonyl (C=O) groups excluding carboxylic acids is 2. The highest BCUT2D eigenvalue weighted by Crippen LogP contribution is 2.16. The highest BCUT2D eigenvalue weighted by atomic mass is 16.2. The first-order chi connectivity index (χ1) is 8.56. The summed E-state index contributed by atoms with van der Waals surface area (Å²) in [7, 11) is 1.72. The summed E-state index contributed by atoms with van der Waals surface area (Å²) in [6.07, 6.45) is 3.37. The normalized spacial score (nSPS) is 21.1. The SMILES string of the molecule is CC(Cn1cncn1)NC(=O)C1CC(=O)N(C)C1. The molecule has 18 heavy (non-hydrogen) atoms. The second-order valence-corrected chi connectivity index (χ2v) is 4.70. The van der Waals surface area contributed by atoms with Gasteiger partial charge in [-0.25, -0.2) is 4.98 Å². The van der Waals surface area contributed by atoms with Crippen LogP contribution in [0.1, 0.15) is 13.3 Å². The molecular formula is C11H17N5O2. The molecule has 1 fully saturated rings. The van der Waals surface area contributed by atoms with E-state index in [1.807, 2.05) is 6.92 Å². The summed E-state index contributed by atoms with van der Waals surface area (Å²) in [6, 6.07) is -0.0415. The van der Waals surface area contributed by atoms with E-state index >= 15 is 0 Å². The molecule has 2 heterocycles. The smallest absolute Gasteiger partial charge is 0.225 e. The van der Waals surface area contributed by atoms with Crippen molar-refractivity contribution in [2.45, 2.75) is 25.9 Å². The molecule has 2 atom stereocenters. The third kappa shape index (κ3) is 2.85. The monoisotopic (exact) mass is 251 g/mol. The first-order valence-corrected chi connectivity index (χ1v) is 5.93. The van der Waals surface area contributed by atoms with E-state index in [0.717, 1.165) is 0 Å². The number of carbonyl (C=O) groups is 2. The van der Waals surface area contributed by atoms with Gasteiger partial charge in [-0.2, -0.15) is 5.10 Å². The van der Waals surface area contributed by atoms with Gasteiger partial charge in [0.1, 0.15) is 12.7 Å². The van der Waals surface area contributed by atoms with Crippen LogP contribution in [0, 0.1) is 5.92 Å². The Kier molecular flexibility index (Phi) is 3.59. The summed E-state index contributed by atoms with van der Waals surface area (Å²) in [4.78, 5) is 28.7. The van der Waals surface area contributed by atoms with E-state index in [1.54, 1.807) is 23.0 Å². The summed E-state index contributed by atoms with van der Waals surface area (Å²) in [5, 5.41) is 6.87. The van der Waals surface area contributed by atoms with Crippen molar-refractivity contribution in [3.05, 3.63) is 12.7 Å². The van der Waals surface area contributed by atoms with E-state index < -0.39 is 0 Å². The second-order valence-electron chi connectivity index (χ2n) is 4.70. The van der Waals surface area contributed by atoms with Gasteiger partial charge in [-0.3, -0.25) is 14.3 Å². The molecular weight excluding hydrogens is 234 g/mol. The van der Waals surface area contributed by atoms with Crippen LogP contribution >= 0.6 is 0 Å². The molecule has 0 spiro atoms. The molecule has 98 valence electrons. The van der Waals surface area contributed by atoms with E-state index in [0.29, 0.717) is 19.5 Å². The van der Waals surface area contributed by atoms with Gasteiger partial charge < -0.3 is 10.2 Å². The fraction of sp³-hybridized carbons (Fsp3) is 0.636. The summed E-state index contributed by atoms with van der Waals surface area (Å²) >= 11 is 0. The van der Waals surface area contributed by atoms with Crippen molar-refractivity contribution in [3.8, 4) is 0 Å². The summed E-state index contributed by atoms with van der Waals surface area (Å²) in [6.45, 7) is 2.98. The van der Waals surface area contributed by atoms with Gasteiger partial charge in [0.2, 0.25) is 11.8 Å². The third-order valence-corrected chi connectivity index (χ3v) is 3.03. The second kappa shape index (κ2) is 5.16. The summed E-state index contributed by atoms with van der Waals surface area (Å²) in [5.74, 6) is -0.278. The lowest BCUT2D eigenvalue weighted by Crippen LogP contribution is -2.40. The molecule has 1 N–H and O–H groups in total. The van der Waals surface area contributed by atoms with Gasteiger partial charge in [-0.1, -0.05) is 0 Å². The number of hydrogen-bond donors (Lipinski definition) is 1. The van der Waals surface area contributed by atoms with E-state index in [2.05, 4.69) is 15.4 Å². The number of likely N-dealkylation sites (tertiary alicyclic amines) is 1. The molecule has 1 aliphatic rings. The maximum atomic E-state index is 11.9. The number of aromatic nitrogens is 3. The predicted molar refractivity (Wildman–Crippen MR) is 63.4 cm³/mol. The molecule has 2 amide bonds. The van der Waals surface area contributed by atoms with Gasteiger partial charge in [0.15, 0.2) is 0 Å². The zero-order chi connectivity index (χ0) is 13.1. The zero-order valence-electron chi connectivity index (χ0n) is 10.5. The Morgan fingerprint density at radius 1 is 1.67 bits per heavy atom. The number of amides is 2. The first-order valence-electron chi connectivity index (χ1n) is 5.93. The number of nitrogens with one attached hydrogen (secondary N) is 1. The van der Waals surface area contributed by atoms with Crippen LogP contribution < -0.4 is 5.32 Å². The fourth-order valence-electron chi connectivity index (χ4n) is 2.05. The van der Waals surface area contributed by atoms with Crippen molar-refractivity contribution in [2.24, 2.45) is 5.92 Å². The lowest BCUT2D eigenvalue weighted by atomic mass is 10.1. The van der Waals surface area contributed by atoms with Gasteiger partial charge in [-0.05, 0) is 6.92 Å². The van der Waals surface area contributed by atoms with Gasteiger partial charge >= 0.3 is 0 Å². The van der Waals surface area contributed by atoms with Crippen LogP contribution in [0.25, 0.3) is 0 Å². The highest BCUT2D eigenvalue weighted by Gasteiger charge is 2.32. The molecule has 1 aromatic rings. The van der Waals surface area contributed by atoms with Crippen LogP contribution in [-0.4, -0.2) is 51.1 Å². The fourth-order valence-corrected chi connectivity index (χ4v) is 2.05. The van der Waals surface area contributed by atoms with Crippen LogP contribution in [-0.2, 0) is 16.1 Å². The molecule has 0 saturated carbocycles. The zero-order valence-corrected chi connectivity index (χ0v) is 10.5. The average Bonchev–Trinajstić information content (AvgIpc) is 2.90. The largest absolute Gasteiger partial charge is 0.351 e. The van der Waals surface area contributed by atoms with Gasteiger partial charge in [-0.15, -0.1) is 0 Å². The molecule has 2 rings (SSSR count). The van der Waals surface area contributed by atoms with Gasteiger partial charge in [0.05, 0.1) is 12.5 Å². The summed E-state index contributed by atoms with van der Waals surface area (Å²) < 4.78 is 1.66. The molecule has 0 aliphatic carbocycles. The molecule has 1 aromatic heterocycles. The topological polar surface area (TPSA) is 80.1 Å². The molecule has 7 heteroatoms. The molecule has 2 unspecified atom stereocenters. The van der Waals surface area contributed by atoms with Crippen molar-refractivity contribution < 1.29 is 9.59 Å². The third-order valence-electron chi connectivity index (χ3n) is 3.03. The molecule has 0 bridgehead atoms. The van der Waals surface area contributed by atoms with Crippen molar-refractivity contribution in [1.29, 1.82) is 0 Å². The standard InChI is InChI=1S/C11H17N5O2/c1-8(4-16-7-12-6-13-16)14-11(18)9-3-10(17)15(2)5-9/h6-9H,3-5H2,1-2H3,(H,14,18). The van der Waals surface area contributed by atoms with E-state index in [4.69, 9.17) is 0 Å². The van der Waals surface area contributed by atoms with Crippen molar-refractivity contribution in [2.75, 3.05) is 13.6 Å². The predicted octanol–water partition coefficient (Wildman–Crippen LogP) is -0.739. The Bertz CT molecular complexity index is 431. The van der Waals surface area contributed by atoms with E-state index in [-0.39, 0.29) is 23.8 Å². The minimum Gasteiger partial charge on any atom is -0.351 e. The Labute approximate surface area is 105 Å². The Morgan fingerprint density at radius 2 is 2.44 bits per heavy atom. The van der Waals surface area contributed by atoms with Crippen molar-refractivity contribution >= 4 is 11.8 Å². The van der Waals surface area contributed by atoms with Crippen molar-refractivity contribution in [3.63, 3.8) is 0 Å². The molecule has 1 aliphatic heterocycles. The average molecular weight is 251 g/mol. The van der Waals surface area contributed by atoms with Gasteiger partial charge in [0, 0.05) is 26.1 Å². The molecule has 0 radical (unpaired) electrons. The maximum Gasteiger partial charge on any atom is 0.225 e. The highest BCUT2D eigenvalue weighted by molar-refractivity contribution is 5.89. The minimum atomic E-state index is -0.235. The lowest BCUT2D eigenvalue weighted by molar-refractivity contribution is -0.128. The molecule has 0 aromatic carbocycles. The lowest BCUT2D eigenvalue weighted by Gasteiger charge is -2.16. The number of nitrogens with zero attached hydrogens (tertiary/aromatic N) is 4.